The zero-order valence-corrected chi connectivity index (χ0v) is 14.5. The molecule has 2 heterocycles. The molecule has 7 heteroatoms. The molecule has 1 atom stereocenters. The first-order valence-electron chi connectivity index (χ1n) is 8.33. The number of benzene rings is 1. The first kappa shape index (κ1) is 17.7. The summed E-state index contributed by atoms with van der Waals surface area (Å²) in [6.45, 7) is 4.07. The molecule has 134 valence electrons. The van der Waals surface area contributed by atoms with E-state index in [1.165, 1.54) is 12.1 Å². The van der Waals surface area contributed by atoms with Gasteiger partial charge in [0.25, 0.3) is 0 Å². The van der Waals surface area contributed by atoms with E-state index in [4.69, 9.17) is 0 Å². The van der Waals surface area contributed by atoms with Gasteiger partial charge in [0, 0.05) is 36.1 Å². The summed E-state index contributed by atoms with van der Waals surface area (Å²) in [4.78, 5) is 13.0. The summed E-state index contributed by atoms with van der Waals surface area (Å²) in [7, 11) is 0. The van der Waals surface area contributed by atoms with Crippen LogP contribution in [0.1, 0.15) is 20.3 Å². The van der Waals surface area contributed by atoms with Crippen molar-refractivity contribution in [2.24, 2.45) is 0 Å². The molecule has 1 aromatic carbocycles. The minimum atomic E-state index is -0.692. The van der Waals surface area contributed by atoms with Crippen molar-refractivity contribution in [2.45, 2.75) is 26.3 Å². The highest BCUT2D eigenvalue weighted by atomic mass is 19.1. The first-order chi connectivity index (χ1) is 12.5. The topological polar surface area (TPSA) is 62.7 Å². The average molecular weight is 355 g/mol. The third kappa shape index (κ3) is 4.30. The summed E-state index contributed by atoms with van der Waals surface area (Å²) < 4.78 is 27.1. The zero-order valence-electron chi connectivity index (χ0n) is 14.5. The van der Waals surface area contributed by atoms with Crippen LogP contribution in [-0.2, 0) is 0 Å². The van der Waals surface area contributed by atoms with Gasteiger partial charge in [-0.05, 0) is 37.6 Å². The van der Waals surface area contributed by atoms with Crippen LogP contribution in [0.25, 0.3) is 11.3 Å². The van der Waals surface area contributed by atoms with Crippen molar-refractivity contribution in [3.05, 3.63) is 60.4 Å². The van der Waals surface area contributed by atoms with Crippen LogP contribution in [-0.4, -0.2) is 21.0 Å². The third-order valence-corrected chi connectivity index (χ3v) is 3.87. The van der Waals surface area contributed by atoms with Crippen molar-refractivity contribution < 1.29 is 8.78 Å². The predicted octanol–water partition coefficient (Wildman–Crippen LogP) is 4.77. The van der Waals surface area contributed by atoms with E-state index >= 15 is 0 Å². The van der Waals surface area contributed by atoms with E-state index in [2.05, 4.69) is 32.5 Å². The Labute approximate surface area is 150 Å². The maximum atomic E-state index is 14.0. The second kappa shape index (κ2) is 7.86. The van der Waals surface area contributed by atoms with Crippen LogP contribution in [0.5, 0.6) is 0 Å². The first-order valence-corrected chi connectivity index (χ1v) is 8.33. The highest BCUT2D eigenvalue weighted by molar-refractivity contribution is 5.67. The number of hydrogen-bond acceptors (Lipinski definition) is 5. The molecule has 2 aromatic heterocycles. The third-order valence-electron chi connectivity index (χ3n) is 3.87. The van der Waals surface area contributed by atoms with Gasteiger partial charge in [-0.3, -0.25) is 4.98 Å². The normalized spacial score (nSPS) is 11.8. The molecule has 0 unspecified atom stereocenters. The summed E-state index contributed by atoms with van der Waals surface area (Å²) in [5.74, 6) is -0.505. The van der Waals surface area contributed by atoms with Crippen LogP contribution in [0.15, 0.2) is 48.8 Å². The maximum absolute atomic E-state index is 14.0. The lowest BCUT2D eigenvalue weighted by atomic mass is 10.2. The second-order valence-electron chi connectivity index (χ2n) is 5.91. The second-order valence-corrected chi connectivity index (χ2v) is 5.91. The lowest BCUT2D eigenvalue weighted by Gasteiger charge is -2.15. The SMILES string of the molecule is CC[C@@H](C)Nc1nc(Nc2ccc(F)cc2F)cc(-c2cccnc2)n1. The van der Waals surface area contributed by atoms with E-state index in [-0.39, 0.29) is 11.7 Å². The summed E-state index contributed by atoms with van der Waals surface area (Å²) in [5, 5.41) is 6.10. The Morgan fingerprint density at radius 1 is 1.12 bits per heavy atom. The van der Waals surface area contributed by atoms with Crippen LogP contribution in [0, 0.1) is 11.6 Å². The molecule has 0 saturated heterocycles. The van der Waals surface area contributed by atoms with Crippen LogP contribution in [0.3, 0.4) is 0 Å². The molecule has 0 aliphatic carbocycles. The van der Waals surface area contributed by atoms with Gasteiger partial charge in [0.15, 0.2) is 0 Å². The van der Waals surface area contributed by atoms with Crippen molar-refractivity contribution in [1.29, 1.82) is 0 Å². The summed E-state index contributed by atoms with van der Waals surface area (Å²) >= 11 is 0. The van der Waals surface area contributed by atoms with Crippen LogP contribution < -0.4 is 10.6 Å². The van der Waals surface area contributed by atoms with Crippen LogP contribution >= 0.6 is 0 Å². The van der Waals surface area contributed by atoms with Crippen LogP contribution in [0.2, 0.25) is 0 Å². The molecule has 0 bridgehead atoms. The molecular weight excluding hydrogens is 336 g/mol. The number of nitrogens with zero attached hydrogens (tertiary/aromatic N) is 3. The largest absolute Gasteiger partial charge is 0.352 e. The highest BCUT2D eigenvalue weighted by Gasteiger charge is 2.11. The number of nitrogens with one attached hydrogen (secondary N) is 2. The van der Waals surface area contributed by atoms with Crippen molar-refractivity contribution >= 4 is 17.5 Å². The van der Waals surface area contributed by atoms with Gasteiger partial charge in [-0.2, -0.15) is 4.98 Å². The quantitative estimate of drug-likeness (QED) is 0.667. The van der Waals surface area contributed by atoms with E-state index in [9.17, 15) is 8.78 Å². The Hall–Kier alpha value is -3.09. The Morgan fingerprint density at radius 3 is 2.65 bits per heavy atom. The minimum Gasteiger partial charge on any atom is -0.352 e. The highest BCUT2D eigenvalue weighted by Crippen LogP contribution is 2.25. The van der Waals surface area contributed by atoms with Gasteiger partial charge >= 0.3 is 0 Å². The fourth-order valence-electron chi connectivity index (χ4n) is 2.29. The molecule has 2 N–H and O–H groups in total. The number of rotatable bonds is 6. The van der Waals surface area contributed by atoms with Crippen molar-refractivity contribution in [2.75, 3.05) is 10.6 Å². The van der Waals surface area contributed by atoms with E-state index < -0.39 is 11.6 Å². The molecule has 26 heavy (non-hydrogen) atoms. The Bertz CT molecular complexity index is 886. The smallest absolute Gasteiger partial charge is 0.225 e. The van der Waals surface area contributed by atoms with E-state index in [0.29, 0.717) is 17.5 Å². The van der Waals surface area contributed by atoms with Gasteiger partial charge in [-0.1, -0.05) is 6.92 Å². The number of aromatic nitrogens is 3. The molecule has 3 rings (SSSR count). The lowest BCUT2D eigenvalue weighted by molar-refractivity contribution is 0.586. The van der Waals surface area contributed by atoms with E-state index in [1.54, 1.807) is 18.5 Å². The number of pyridine rings is 1. The lowest BCUT2D eigenvalue weighted by Crippen LogP contribution is -2.16. The van der Waals surface area contributed by atoms with Crippen LogP contribution in [0.4, 0.5) is 26.2 Å². The van der Waals surface area contributed by atoms with Crippen molar-refractivity contribution in [3.8, 4) is 11.3 Å². The van der Waals surface area contributed by atoms with Crippen molar-refractivity contribution in [3.63, 3.8) is 0 Å². The van der Waals surface area contributed by atoms with E-state index in [1.807, 2.05) is 19.1 Å². The van der Waals surface area contributed by atoms with Gasteiger partial charge in [0.2, 0.25) is 5.95 Å². The molecule has 0 fully saturated rings. The van der Waals surface area contributed by atoms with Gasteiger partial charge in [-0.25, -0.2) is 13.8 Å². The molecule has 0 radical (unpaired) electrons. The summed E-state index contributed by atoms with van der Waals surface area (Å²) in [6.07, 6.45) is 4.27. The predicted molar refractivity (Wildman–Crippen MR) is 98.3 cm³/mol. The minimum absolute atomic E-state index is 0.136. The van der Waals surface area contributed by atoms with Gasteiger partial charge < -0.3 is 10.6 Å². The standard InChI is InChI=1S/C19H19F2N5/c1-3-12(2)23-19-25-17(13-5-4-8-22-11-13)10-18(26-19)24-16-7-6-14(20)9-15(16)21/h4-12H,3H2,1-2H3,(H2,23,24,25,26)/t12-/m1/s1. The fourth-order valence-corrected chi connectivity index (χ4v) is 2.29. The molecule has 0 saturated carbocycles. The van der Waals surface area contributed by atoms with E-state index in [0.717, 1.165) is 18.1 Å². The monoisotopic (exact) mass is 355 g/mol. The number of anilines is 3. The summed E-state index contributed by atoms with van der Waals surface area (Å²) in [6, 6.07) is 8.90. The fraction of sp³-hybridized carbons (Fsp3) is 0.211. The van der Waals surface area contributed by atoms with Gasteiger partial charge in [0.05, 0.1) is 11.4 Å². The Kier molecular flexibility index (Phi) is 5.36. The van der Waals surface area contributed by atoms with Gasteiger partial charge in [-0.15, -0.1) is 0 Å². The van der Waals surface area contributed by atoms with Crippen molar-refractivity contribution in [1.82, 2.24) is 15.0 Å². The molecule has 0 aliphatic heterocycles. The average Bonchev–Trinajstić information content (AvgIpc) is 2.64. The molecule has 0 amide bonds. The zero-order chi connectivity index (χ0) is 18.5. The molecule has 0 spiro atoms. The summed E-state index contributed by atoms with van der Waals surface area (Å²) in [5.41, 5.74) is 1.59. The van der Waals surface area contributed by atoms with Gasteiger partial charge in [0.1, 0.15) is 17.5 Å². The molecule has 0 aliphatic rings. The number of halogens is 2. The molecular formula is C19H19F2N5. The Morgan fingerprint density at radius 2 is 1.96 bits per heavy atom. The molecule has 3 aromatic rings. The maximum Gasteiger partial charge on any atom is 0.225 e. The Balaban J connectivity index is 1.98. The molecule has 5 nitrogen and oxygen atoms in total. The number of hydrogen-bond donors (Lipinski definition) is 2.